The molecule has 110 valence electrons. The first kappa shape index (κ1) is 15.9. The van der Waals surface area contributed by atoms with Crippen molar-refractivity contribution in [1.29, 1.82) is 0 Å². The molecular formula is C16H16BrClN2O. The number of hydrogen-bond acceptors (Lipinski definition) is 2. The zero-order chi connectivity index (χ0) is 15.4. The summed E-state index contributed by atoms with van der Waals surface area (Å²) in [6.45, 7) is 2.01. The van der Waals surface area contributed by atoms with E-state index < -0.39 is 0 Å². The molecule has 21 heavy (non-hydrogen) atoms. The molecule has 0 saturated carbocycles. The zero-order valence-electron chi connectivity index (χ0n) is 11.6. The lowest BCUT2D eigenvalue weighted by Crippen LogP contribution is -2.28. The smallest absolute Gasteiger partial charge is 0.252 e. The number of anilines is 1. The van der Waals surface area contributed by atoms with Crippen molar-refractivity contribution in [3.8, 4) is 0 Å². The third-order valence-corrected chi connectivity index (χ3v) is 4.13. The number of rotatable bonds is 4. The van der Waals surface area contributed by atoms with Gasteiger partial charge in [0.1, 0.15) is 0 Å². The van der Waals surface area contributed by atoms with Crippen molar-refractivity contribution in [2.75, 3.05) is 5.73 Å². The van der Waals surface area contributed by atoms with E-state index in [2.05, 4.69) is 21.2 Å². The average Bonchev–Trinajstić information content (AvgIpc) is 2.47. The van der Waals surface area contributed by atoms with Crippen LogP contribution < -0.4 is 11.1 Å². The van der Waals surface area contributed by atoms with E-state index in [1.165, 1.54) is 0 Å². The molecule has 0 radical (unpaired) electrons. The molecular weight excluding hydrogens is 352 g/mol. The largest absolute Gasteiger partial charge is 0.399 e. The summed E-state index contributed by atoms with van der Waals surface area (Å²) in [6.07, 6.45) is 0.770. The van der Waals surface area contributed by atoms with Crippen LogP contribution in [-0.2, 0) is 0 Å². The molecule has 0 spiro atoms. The maximum absolute atomic E-state index is 12.4. The van der Waals surface area contributed by atoms with E-state index in [1.54, 1.807) is 18.2 Å². The number of benzene rings is 2. The Morgan fingerprint density at radius 3 is 2.76 bits per heavy atom. The van der Waals surface area contributed by atoms with Gasteiger partial charge in [0, 0.05) is 15.2 Å². The van der Waals surface area contributed by atoms with Gasteiger partial charge in [-0.25, -0.2) is 0 Å². The first-order valence-corrected chi connectivity index (χ1v) is 7.79. The molecule has 2 aromatic carbocycles. The molecule has 1 atom stereocenters. The van der Waals surface area contributed by atoms with Crippen LogP contribution in [0.25, 0.3) is 0 Å². The third-order valence-electron chi connectivity index (χ3n) is 3.20. The quantitative estimate of drug-likeness (QED) is 0.778. The number of carbonyl (C=O) groups is 1. The van der Waals surface area contributed by atoms with Crippen LogP contribution in [0.5, 0.6) is 0 Å². The molecule has 3 nitrogen and oxygen atoms in total. The van der Waals surface area contributed by atoms with Gasteiger partial charge in [-0.2, -0.15) is 0 Å². The fraction of sp³-hybridized carbons (Fsp3) is 0.188. The fourth-order valence-corrected chi connectivity index (χ4v) is 2.72. The molecule has 0 bridgehead atoms. The van der Waals surface area contributed by atoms with Gasteiger partial charge < -0.3 is 11.1 Å². The van der Waals surface area contributed by atoms with Crippen molar-refractivity contribution in [2.45, 2.75) is 19.4 Å². The molecule has 2 aromatic rings. The Morgan fingerprint density at radius 2 is 2.10 bits per heavy atom. The molecule has 2 rings (SSSR count). The minimum atomic E-state index is -0.166. The van der Waals surface area contributed by atoms with Crippen LogP contribution in [-0.4, -0.2) is 5.91 Å². The highest BCUT2D eigenvalue weighted by Gasteiger charge is 2.16. The number of nitrogens with two attached hydrogens (primary N) is 1. The molecule has 0 fully saturated rings. The number of halogens is 2. The van der Waals surface area contributed by atoms with Crippen LogP contribution >= 0.6 is 27.5 Å². The van der Waals surface area contributed by atoms with Crippen LogP contribution in [0.15, 0.2) is 46.9 Å². The van der Waals surface area contributed by atoms with E-state index in [1.807, 2.05) is 31.2 Å². The standard InChI is InChI=1S/C16H16BrClN2O/c1-2-15(10-4-3-5-11(18)8-10)20-16(21)13-9-12(19)6-7-14(13)17/h3-9,15H,2,19H2,1H3,(H,20,21). The SMILES string of the molecule is CCC(NC(=O)c1cc(N)ccc1Br)c1cccc(Cl)c1. The van der Waals surface area contributed by atoms with Gasteiger partial charge in [-0.05, 0) is 58.2 Å². The number of nitrogen functional groups attached to an aromatic ring is 1. The van der Waals surface area contributed by atoms with Gasteiger partial charge in [0.25, 0.3) is 5.91 Å². The second-order valence-electron chi connectivity index (χ2n) is 4.73. The molecule has 1 unspecified atom stereocenters. The van der Waals surface area contributed by atoms with Crippen LogP contribution in [0.3, 0.4) is 0 Å². The van der Waals surface area contributed by atoms with E-state index in [0.717, 1.165) is 16.5 Å². The van der Waals surface area contributed by atoms with Crippen molar-refractivity contribution in [3.05, 3.63) is 63.1 Å². The summed E-state index contributed by atoms with van der Waals surface area (Å²) in [7, 11) is 0. The van der Waals surface area contributed by atoms with Gasteiger partial charge >= 0.3 is 0 Å². The lowest BCUT2D eigenvalue weighted by molar-refractivity contribution is 0.0935. The molecule has 0 aliphatic rings. The maximum Gasteiger partial charge on any atom is 0.252 e. The van der Waals surface area contributed by atoms with E-state index in [0.29, 0.717) is 16.3 Å². The van der Waals surface area contributed by atoms with Gasteiger partial charge in [0.15, 0.2) is 0 Å². The van der Waals surface area contributed by atoms with Gasteiger partial charge in [-0.1, -0.05) is 30.7 Å². The Balaban J connectivity index is 2.22. The predicted octanol–water partition coefficient (Wildman–Crippen LogP) is 4.57. The van der Waals surface area contributed by atoms with E-state index in [9.17, 15) is 4.79 Å². The molecule has 0 heterocycles. The summed E-state index contributed by atoms with van der Waals surface area (Å²) in [4.78, 5) is 12.4. The summed E-state index contributed by atoms with van der Waals surface area (Å²) in [5.74, 6) is -0.166. The highest BCUT2D eigenvalue weighted by atomic mass is 79.9. The first-order valence-electron chi connectivity index (χ1n) is 6.62. The molecule has 5 heteroatoms. The van der Waals surface area contributed by atoms with Gasteiger partial charge in [0.05, 0.1) is 11.6 Å². The second-order valence-corrected chi connectivity index (χ2v) is 6.02. The Hall–Kier alpha value is -1.52. The van der Waals surface area contributed by atoms with Crippen LogP contribution in [0, 0.1) is 0 Å². The third kappa shape index (κ3) is 3.99. The zero-order valence-corrected chi connectivity index (χ0v) is 13.9. The molecule has 3 N–H and O–H groups in total. The van der Waals surface area contributed by atoms with Crippen LogP contribution in [0.1, 0.15) is 35.3 Å². The molecule has 0 aliphatic carbocycles. The van der Waals surface area contributed by atoms with E-state index in [4.69, 9.17) is 17.3 Å². The number of nitrogens with one attached hydrogen (secondary N) is 1. The molecule has 0 aromatic heterocycles. The molecule has 0 aliphatic heterocycles. The van der Waals surface area contributed by atoms with Crippen molar-refractivity contribution in [2.24, 2.45) is 0 Å². The lowest BCUT2D eigenvalue weighted by atomic mass is 10.0. The fourth-order valence-electron chi connectivity index (χ4n) is 2.10. The predicted molar refractivity (Wildman–Crippen MR) is 90.5 cm³/mol. The Labute approximate surface area is 137 Å². The van der Waals surface area contributed by atoms with Crippen molar-refractivity contribution in [1.82, 2.24) is 5.32 Å². The summed E-state index contributed by atoms with van der Waals surface area (Å²) in [5, 5.41) is 3.67. The molecule has 0 saturated heterocycles. The van der Waals surface area contributed by atoms with Gasteiger partial charge in [-0.3, -0.25) is 4.79 Å². The monoisotopic (exact) mass is 366 g/mol. The summed E-state index contributed by atoms with van der Waals surface area (Å²) in [5.41, 5.74) is 7.80. The highest BCUT2D eigenvalue weighted by Crippen LogP contribution is 2.23. The van der Waals surface area contributed by atoms with E-state index >= 15 is 0 Å². The second kappa shape index (κ2) is 6.96. The van der Waals surface area contributed by atoms with E-state index in [-0.39, 0.29) is 11.9 Å². The minimum Gasteiger partial charge on any atom is -0.399 e. The van der Waals surface area contributed by atoms with Crippen molar-refractivity contribution < 1.29 is 4.79 Å². The average molecular weight is 368 g/mol. The minimum absolute atomic E-state index is 0.0930. The van der Waals surface area contributed by atoms with Gasteiger partial charge in [0.2, 0.25) is 0 Å². The first-order chi connectivity index (χ1) is 10.0. The molecule has 1 amide bonds. The lowest BCUT2D eigenvalue weighted by Gasteiger charge is -2.18. The number of amides is 1. The highest BCUT2D eigenvalue weighted by molar-refractivity contribution is 9.10. The number of carbonyl (C=O) groups excluding carboxylic acids is 1. The summed E-state index contributed by atoms with van der Waals surface area (Å²) < 4.78 is 0.718. The van der Waals surface area contributed by atoms with Gasteiger partial charge in [-0.15, -0.1) is 0 Å². The topological polar surface area (TPSA) is 55.1 Å². The van der Waals surface area contributed by atoms with Crippen LogP contribution in [0.2, 0.25) is 5.02 Å². The Kier molecular flexibility index (Phi) is 5.26. The van der Waals surface area contributed by atoms with Crippen molar-refractivity contribution in [3.63, 3.8) is 0 Å². The maximum atomic E-state index is 12.4. The Bertz CT molecular complexity index is 660. The van der Waals surface area contributed by atoms with Crippen molar-refractivity contribution >= 4 is 39.1 Å². The summed E-state index contributed by atoms with van der Waals surface area (Å²) in [6, 6.07) is 12.6. The number of hydrogen-bond donors (Lipinski definition) is 2. The normalized spacial score (nSPS) is 12.0. The summed E-state index contributed by atoms with van der Waals surface area (Å²) >= 11 is 9.38. The Morgan fingerprint density at radius 1 is 1.33 bits per heavy atom. The van der Waals surface area contributed by atoms with Crippen LogP contribution in [0.4, 0.5) is 5.69 Å².